The van der Waals surface area contributed by atoms with Crippen LogP contribution in [0.5, 0.6) is 17.2 Å². The van der Waals surface area contributed by atoms with Crippen molar-refractivity contribution in [3.05, 3.63) is 53.6 Å². The van der Waals surface area contributed by atoms with E-state index in [0.717, 1.165) is 12.0 Å². The average molecular weight is 415 g/mol. The number of para-hydroxylation sites is 1. The number of carbonyl (C=O) groups is 1. The third-order valence-corrected chi connectivity index (χ3v) is 5.12. The van der Waals surface area contributed by atoms with Crippen molar-refractivity contribution >= 4 is 5.91 Å². The lowest BCUT2D eigenvalue weighted by atomic mass is 9.96. The van der Waals surface area contributed by atoms with Gasteiger partial charge in [-0.2, -0.15) is 0 Å². The highest BCUT2D eigenvalue weighted by Crippen LogP contribution is 2.37. The third kappa shape index (κ3) is 4.52. The molecule has 2 aromatic rings. The summed E-state index contributed by atoms with van der Waals surface area (Å²) in [5.74, 6) is 1.54. The Morgan fingerprint density at radius 1 is 1.13 bits per heavy atom. The molecular weight excluding hydrogens is 386 g/mol. The highest BCUT2D eigenvalue weighted by molar-refractivity contribution is 5.97. The molecule has 30 heavy (non-hydrogen) atoms. The van der Waals surface area contributed by atoms with Gasteiger partial charge in [-0.05, 0) is 36.2 Å². The van der Waals surface area contributed by atoms with Gasteiger partial charge in [-0.15, -0.1) is 0 Å². The molecule has 7 nitrogen and oxygen atoms in total. The molecule has 0 radical (unpaired) electrons. The van der Waals surface area contributed by atoms with Crippen LogP contribution in [0.25, 0.3) is 0 Å². The van der Waals surface area contributed by atoms with Crippen molar-refractivity contribution in [2.45, 2.75) is 25.5 Å². The first-order valence-corrected chi connectivity index (χ1v) is 10.1. The van der Waals surface area contributed by atoms with Crippen LogP contribution in [0.2, 0.25) is 0 Å². The lowest BCUT2D eigenvalue weighted by molar-refractivity contribution is -0.0812. The molecule has 1 heterocycles. The van der Waals surface area contributed by atoms with E-state index in [0.29, 0.717) is 42.6 Å². The predicted octanol–water partition coefficient (Wildman–Crippen LogP) is 3.07. The van der Waals surface area contributed by atoms with Crippen LogP contribution in [-0.4, -0.2) is 62.6 Å². The monoisotopic (exact) mass is 415 g/mol. The van der Waals surface area contributed by atoms with Crippen LogP contribution in [-0.2, 0) is 4.74 Å². The smallest absolute Gasteiger partial charge is 0.258 e. The molecule has 1 aliphatic rings. The molecule has 1 fully saturated rings. The van der Waals surface area contributed by atoms with Crippen LogP contribution in [0.3, 0.4) is 0 Å². The maximum atomic E-state index is 13.6. The molecule has 0 saturated carbocycles. The molecule has 3 rings (SSSR count). The standard InChI is InChI=1S/C23H29NO6/c1-4-12-29-18-8-6-5-7-17(18)23(26)24-11-13-30-21(15-25)22(24)16-9-10-19(27-2)20(14-16)28-3/h5-10,14,21-22,25H,4,11-13,15H2,1-3H3/t21-,22-/m1/s1. The third-order valence-electron chi connectivity index (χ3n) is 5.12. The summed E-state index contributed by atoms with van der Waals surface area (Å²) in [6, 6.07) is 12.2. The van der Waals surface area contributed by atoms with Crippen molar-refractivity contribution in [3.8, 4) is 17.2 Å². The van der Waals surface area contributed by atoms with E-state index < -0.39 is 12.1 Å². The number of nitrogens with zero attached hydrogens (tertiary/aromatic N) is 1. The van der Waals surface area contributed by atoms with Crippen molar-refractivity contribution in [2.75, 3.05) is 40.6 Å². The first kappa shape index (κ1) is 21.9. The summed E-state index contributed by atoms with van der Waals surface area (Å²) < 4.78 is 22.3. The summed E-state index contributed by atoms with van der Waals surface area (Å²) in [6.45, 7) is 3.09. The van der Waals surface area contributed by atoms with Gasteiger partial charge < -0.3 is 29.0 Å². The Bertz CT molecular complexity index is 855. The fraction of sp³-hybridized carbons (Fsp3) is 0.435. The Morgan fingerprint density at radius 2 is 1.90 bits per heavy atom. The van der Waals surface area contributed by atoms with E-state index in [9.17, 15) is 9.90 Å². The number of amides is 1. The summed E-state index contributed by atoms with van der Waals surface area (Å²) in [5, 5.41) is 9.95. The number of hydrogen-bond acceptors (Lipinski definition) is 6. The van der Waals surface area contributed by atoms with E-state index in [1.54, 1.807) is 37.3 Å². The predicted molar refractivity (Wildman–Crippen MR) is 112 cm³/mol. The van der Waals surface area contributed by atoms with E-state index >= 15 is 0 Å². The van der Waals surface area contributed by atoms with Crippen LogP contribution in [0.15, 0.2) is 42.5 Å². The second kappa shape index (κ2) is 10.3. The second-order valence-electron chi connectivity index (χ2n) is 6.99. The summed E-state index contributed by atoms with van der Waals surface area (Å²) in [5.41, 5.74) is 1.29. The van der Waals surface area contributed by atoms with Gasteiger partial charge in [0.15, 0.2) is 11.5 Å². The molecular formula is C23H29NO6. The minimum Gasteiger partial charge on any atom is -0.493 e. The number of ether oxygens (including phenoxy) is 4. The SMILES string of the molecule is CCCOc1ccccc1C(=O)N1CCO[C@H](CO)[C@H]1c1ccc(OC)c(OC)c1. The zero-order chi connectivity index (χ0) is 21.5. The highest BCUT2D eigenvalue weighted by Gasteiger charge is 2.37. The van der Waals surface area contributed by atoms with Crippen LogP contribution >= 0.6 is 0 Å². The Kier molecular flexibility index (Phi) is 7.54. The molecule has 1 N–H and O–H groups in total. The lowest BCUT2D eigenvalue weighted by Crippen LogP contribution is -2.49. The second-order valence-corrected chi connectivity index (χ2v) is 6.99. The fourth-order valence-electron chi connectivity index (χ4n) is 3.68. The topological polar surface area (TPSA) is 77.5 Å². The van der Waals surface area contributed by atoms with Gasteiger partial charge in [0.25, 0.3) is 5.91 Å². The summed E-state index contributed by atoms with van der Waals surface area (Å²) >= 11 is 0. The van der Waals surface area contributed by atoms with Gasteiger partial charge in [0, 0.05) is 6.54 Å². The first-order valence-electron chi connectivity index (χ1n) is 10.1. The van der Waals surface area contributed by atoms with Crippen molar-refractivity contribution in [1.82, 2.24) is 4.90 Å². The van der Waals surface area contributed by atoms with Gasteiger partial charge in [-0.25, -0.2) is 0 Å². The number of hydrogen-bond donors (Lipinski definition) is 1. The summed E-state index contributed by atoms with van der Waals surface area (Å²) in [7, 11) is 3.13. The van der Waals surface area contributed by atoms with Crippen LogP contribution in [0.4, 0.5) is 0 Å². The zero-order valence-electron chi connectivity index (χ0n) is 17.7. The van der Waals surface area contributed by atoms with Crippen LogP contribution in [0.1, 0.15) is 35.3 Å². The minimum atomic E-state index is -0.551. The molecule has 2 atom stereocenters. The molecule has 0 aliphatic carbocycles. The number of carbonyl (C=O) groups excluding carboxylic acids is 1. The van der Waals surface area contributed by atoms with E-state index in [2.05, 4.69) is 0 Å². The van der Waals surface area contributed by atoms with E-state index in [1.165, 1.54) is 0 Å². The highest BCUT2D eigenvalue weighted by atomic mass is 16.5. The summed E-state index contributed by atoms with van der Waals surface area (Å²) in [4.78, 5) is 15.3. The molecule has 7 heteroatoms. The number of methoxy groups -OCH3 is 2. The molecule has 0 bridgehead atoms. The van der Waals surface area contributed by atoms with Crippen molar-refractivity contribution in [1.29, 1.82) is 0 Å². The number of morpholine rings is 1. The van der Waals surface area contributed by atoms with Gasteiger partial charge in [0.1, 0.15) is 11.9 Å². The molecule has 0 unspecified atom stereocenters. The van der Waals surface area contributed by atoms with E-state index in [-0.39, 0.29) is 12.5 Å². The molecule has 1 amide bonds. The average Bonchev–Trinajstić information content (AvgIpc) is 2.81. The van der Waals surface area contributed by atoms with Crippen LogP contribution in [0, 0.1) is 0 Å². The molecule has 0 spiro atoms. The lowest BCUT2D eigenvalue weighted by Gasteiger charge is -2.41. The first-order chi connectivity index (χ1) is 14.6. The van der Waals surface area contributed by atoms with Gasteiger partial charge in [-0.3, -0.25) is 4.79 Å². The minimum absolute atomic E-state index is 0.164. The number of aliphatic hydroxyl groups excluding tert-OH is 1. The largest absolute Gasteiger partial charge is 0.493 e. The number of benzene rings is 2. The molecule has 1 aliphatic heterocycles. The number of rotatable bonds is 8. The fourth-order valence-corrected chi connectivity index (χ4v) is 3.68. The van der Waals surface area contributed by atoms with Crippen molar-refractivity contribution in [2.24, 2.45) is 0 Å². The van der Waals surface area contributed by atoms with E-state index in [4.69, 9.17) is 18.9 Å². The van der Waals surface area contributed by atoms with Gasteiger partial charge >= 0.3 is 0 Å². The zero-order valence-corrected chi connectivity index (χ0v) is 17.7. The summed E-state index contributed by atoms with van der Waals surface area (Å²) in [6.07, 6.45) is 0.297. The maximum absolute atomic E-state index is 13.6. The Morgan fingerprint density at radius 3 is 2.60 bits per heavy atom. The van der Waals surface area contributed by atoms with Gasteiger partial charge in [0.05, 0.1) is 45.6 Å². The normalized spacial score (nSPS) is 18.7. The Balaban J connectivity index is 1.99. The van der Waals surface area contributed by atoms with Gasteiger partial charge in [0.2, 0.25) is 0 Å². The van der Waals surface area contributed by atoms with Crippen molar-refractivity contribution in [3.63, 3.8) is 0 Å². The number of aliphatic hydroxyl groups is 1. The molecule has 0 aromatic heterocycles. The van der Waals surface area contributed by atoms with Gasteiger partial charge in [-0.1, -0.05) is 25.1 Å². The molecule has 1 saturated heterocycles. The van der Waals surface area contributed by atoms with Crippen LogP contribution < -0.4 is 14.2 Å². The van der Waals surface area contributed by atoms with Crippen molar-refractivity contribution < 1.29 is 28.8 Å². The molecule has 2 aromatic carbocycles. The van der Waals surface area contributed by atoms with E-state index in [1.807, 2.05) is 31.2 Å². The Labute approximate surface area is 177 Å². The maximum Gasteiger partial charge on any atom is 0.258 e. The molecule has 162 valence electrons. The quantitative estimate of drug-likeness (QED) is 0.714. The Hall–Kier alpha value is -2.77.